The second-order valence-corrected chi connectivity index (χ2v) is 6.46. The van der Waals surface area contributed by atoms with Crippen LogP contribution < -0.4 is 0 Å². The Morgan fingerprint density at radius 3 is 2.21 bits per heavy atom. The largest absolute Gasteiger partial charge is 0.453 e. The predicted molar refractivity (Wildman–Crippen MR) is 92.1 cm³/mol. The van der Waals surface area contributed by atoms with Gasteiger partial charge in [0.15, 0.2) is 23.1 Å². The third kappa shape index (κ3) is 4.01. The lowest BCUT2D eigenvalue weighted by Crippen LogP contribution is -2.40. The molecule has 4 atom stereocenters. The van der Waals surface area contributed by atoms with Crippen molar-refractivity contribution in [2.75, 3.05) is 0 Å². The summed E-state index contributed by atoms with van der Waals surface area (Å²) in [4.78, 5) is 46.5. The summed E-state index contributed by atoms with van der Waals surface area (Å²) < 4.78 is 22.6. The summed E-state index contributed by atoms with van der Waals surface area (Å²) in [5, 5.41) is -0.141. The van der Waals surface area contributed by atoms with E-state index in [0.717, 1.165) is 13.8 Å². The Hall–Kier alpha value is -2.50. The number of halogens is 2. The Kier molecular flexibility index (Phi) is 5.68. The lowest BCUT2D eigenvalue weighted by atomic mass is 10.2. The van der Waals surface area contributed by atoms with E-state index < -0.39 is 42.6 Å². The van der Waals surface area contributed by atoms with Crippen molar-refractivity contribution in [2.45, 2.75) is 45.5 Å². The Morgan fingerprint density at radius 1 is 1.00 bits per heavy atom. The lowest BCUT2D eigenvalue weighted by Gasteiger charge is -2.23. The van der Waals surface area contributed by atoms with Crippen LogP contribution in [-0.4, -0.2) is 55.9 Å². The van der Waals surface area contributed by atoms with Gasteiger partial charge in [-0.2, -0.15) is 4.98 Å². The molecule has 0 spiro atoms. The Labute approximate surface area is 167 Å². The first-order chi connectivity index (χ1) is 13.2. The molecule has 1 saturated heterocycles. The van der Waals surface area contributed by atoms with Gasteiger partial charge in [0.1, 0.15) is 5.52 Å². The molecule has 11 nitrogen and oxygen atoms in total. The Balaban J connectivity index is 2.08. The molecule has 150 valence electrons. The van der Waals surface area contributed by atoms with E-state index in [1.165, 1.54) is 17.8 Å². The maximum atomic E-state index is 11.6. The second-order valence-electron chi connectivity index (χ2n) is 5.76. The van der Waals surface area contributed by atoms with Gasteiger partial charge in [-0.25, -0.2) is 9.97 Å². The number of carbonyl (C=O) groups excluding carboxylic acids is 3. The number of hydrogen-bond acceptors (Lipinski definition) is 10. The molecule has 1 fully saturated rings. The van der Waals surface area contributed by atoms with Crippen LogP contribution in [0.2, 0.25) is 10.4 Å². The van der Waals surface area contributed by atoms with Crippen LogP contribution in [0, 0.1) is 0 Å². The van der Waals surface area contributed by atoms with Crippen LogP contribution in [0.1, 0.15) is 27.0 Å². The van der Waals surface area contributed by atoms with Gasteiger partial charge in [0.25, 0.3) is 0 Å². The van der Waals surface area contributed by atoms with Gasteiger partial charge in [-0.1, -0.05) is 11.6 Å². The number of fused-ring (bicyclic) bond motifs is 1. The fourth-order valence-corrected chi connectivity index (χ4v) is 3.19. The van der Waals surface area contributed by atoms with Crippen molar-refractivity contribution in [1.82, 2.24) is 19.5 Å². The van der Waals surface area contributed by atoms with Gasteiger partial charge < -0.3 is 18.9 Å². The van der Waals surface area contributed by atoms with E-state index in [-0.39, 0.29) is 21.6 Å². The molecule has 3 rings (SSSR count). The summed E-state index contributed by atoms with van der Waals surface area (Å²) >= 11 is 11.9. The number of esters is 3. The van der Waals surface area contributed by atoms with Gasteiger partial charge in [-0.3, -0.25) is 19.0 Å². The summed E-state index contributed by atoms with van der Waals surface area (Å²) in [5.74, 6) is -2.05. The maximum absolute atomic E-state index is 11.6. The smallest absolute Gasteiger partial charge is 0.305 e. The molecule has 0 amide bonds. The van der Waals surface area contributed by atoms with Gasteiger partial charge in [0, 0.05) is 20.8 Å². The van der Waals surface area contributed by atoms with Crippen LogP contribution in [-0.2, 0) is 33.3 Å². The van der Waals surface area contributed by atoms with Crippen molar-refractivity contribution < 1.29 is 33.3 Å². The van der Waals surface area contributed by atoms with Crippen LogP contribution in [0.15, 0.2) is 6.33 Å². The Bertz CT molecular complexity index is 950. The minimum atomic E-state index is -1.33. The topological polar surface area (TPSA) is 132 Å². The van der Waals surface area contributed by atoms with Crippen LogP contribution in [0.3, 0.4) is 0 Å². The summed E-state index contributed by atoms with van der Waals surface area (Å²) in [6, 6.07) is 0. The highest BCUT2D eigenvalue weighted by Crippen LogP contribution is 2.36. The van der Waals surface area contributed by atoms with Gasteiger partial charge in [0.05, 0.1) is 6.33 Å². The van der Waals surface area contributed by atoms with Crippen molar-refractivity contribution in [3.05, 3.63) is 16.8 Å². The zero-order chi connectivity index (χ0) is 20.6. The average Bonchev–Trinajstić information content (AvgIpc) is 3.09. The quantitative estimate of drug-likeness (QED) is 0.302. The Morgan fingerprint density at radius 2 is 1.61 bits per heavy atom. The number of ether oxygens (including phenoxy) is 4. The van der Waals surface area contributed by atoms with Gasteiger partial charge >= 0.3 is 17.9 Å². The van der Waals surface area contributed by atoms with Crippen molar-refractivity contribution >= 4 is 52.3 Å². The normalized spacial score (nSPS) is 24.2. The third-order valence-corrected chi connectivity index (χ3v) is 4.09. The molecule has 0 saturated carbocycles. The standard InChI is InChI=1S/C15H14Cl2N4O7/c1-5(22)25-9-10(26-6(2)23)14(27-7(3)24)28-13(9)21-4-18-8-11(16)19-15(17)20-12(8)21/h4,9-10,13-14H,1-3H3/t9-,10?,13+,14-/m0/s1. The molecule has 2 aromatic heterocycles. The molecule has 28 heavy (non-hydrogen) atoms. The number of hydrogen-bond donors (Lipinski definition) is 0. The first-order valence-electron chi connectivity index (χ1n) is 7.90. The summed E-state index contributed by atoms with van der Waals surface area (Å²) in [6.07, 6.45) is -3.52. The second kappa shape index (κ2) is 7.86. The van der Waals surface area contributed by atoms with Crippen molar-refractivity contribution in [2.24, 2.45) is 0 Å². The van der Waals surface area contributed by atoms with Gasteiger partial charge in [0.2, 0.25) is 17.7 Å². The monoisotopic (exact) mass is 432 g/mol. The number of carbonyl (C=O) groups is 3. The van der Waals surface area contributed by atoms with Crippen LogP contribution in [0.5, 0.6) is 0 Å². The highest BCUT2D eigenvalue weighted by atomic mass is 35.5. The van der Waals surface area contributed by atoms with E-state index in [1.54, 1.807) is 0 Å². The summed E-state index contributed by atoms with van der Waals surface area (Å²) in [6.45, 7) is 3.48. The first kappa shape index (κ1) is 20.2. The highest BCUT2D eigenvalue weighted by molar-refractivity contribution is 6.35. The number of rotatable bonds is 4. The molecule has 0 N–H and O–H groups in total. The molecule has 13 heteroatoms. The molecule has 0 bridgehead atoms. The van der Waals surface area contributed by atoms with Crippen molar-refractivity contribution in [3.63, 3.8) is 0 Å². The van der Waals surface area contributed by atoms with Crippen LogP contribution >= 0.6 is 23.2 Å². The predicted octanol–water partition coefficient (Wildman–Crippen LogP) is 1.41. The van der Waals surface area contributed by atoms with Gasteiger partial charge in [-0.15, -0.1) is 0 Å². The summed E-state index contributed by atoms with van der Waals surface area (Å²) in [5.41, 5.74) is 0.397. The average molecular weight is 433 g/mol. The van der Waals surface area contributed by atoms with E-state index in [1.807, 2.05) is 0 Å². The first-order valence-corrected chi connectivity index (χ1v) is 8.65. The minimum Gasteiger partial charge on any atom is -0.453 e. The molecular formula is C15H14Cl2N4O7. The summed E-state index contributed by atoms with van der Waals surface area (Å²) in [7, 11) is 0. The molecule has 1 aliphatic heterocycles. The van der Waals surface area contributed by atoms with E-state index in [2.05, 4.69) is 15.0 Å². The van der Waals surface area contributed by atoms with Gasteiger partial charge in [-0.05, 0) is 11.6 Å². The zero-order valence-electron chi connectivity index (χ0n) is 14.8. The number of nitrogens with zero attached hydrogens (tertiary/aromatic N) is 4. The van der Waals surface area contributed by atoms with Crippen molar-refractivity contribution in [3.8, 4) is 0 Å². The molecule has 0 aliphatic carbocycles. The van der Waals surface area contributed by atoms with E-state index in [4.69, 9.17) is 42.1 Å². The molecule has 3 heterocycles. The lowest BCUT2D eigenvalue weighted by molar-refractivity contribution is -0.198. The molecular weight excluding hydrogens is 419 g/mol. The molecule has 2 aromatic rings. The van der Waals surface area contributed by atoms with Crippen LogP contribution in [0.4, 0.5) is 0 Å². The SMILES string of the molecule is CC(=O)OC1[C@@H](OC(C)=O)O[C@@H](n2cnc3c(Cl)nc(Cl)nc32)[C@H]1OC(C)=O. The van der Waals surface area contributed by atoms with Crippen LogP contribution in [0.25, 0.3) is 11.2 Å². The molecule has 0 aromatic carbocycles. The highest BCUT2D eigenvalue weighted by Gasteiger charge is 2.52. The number of aromatic nitrogens is 4. The number of imidazole rings is 1. The van der Waals surface area contributed by atoms with Crippen molar-refractivity contribution in [1.29, 1.82) is 0 Å². The fraction of sp³-hybridized carbons (Fsp3) is 0.467. The fourth-order valence-electron chi connectivity index (χ4n) is 2.77. The maximum Gasteiger partial charge on any atom is 0.305 e. The van der Waals surface area contributed by atoms with E-state index >= 15 is 0 Å². The minimum absolute atomic E-state index is 0.00357. The third-order valence-electron chi connectivity index (χ3n) is 3.66. The van der Waals surface area contributed by atoms with E-state index in [0.29, 0.717) is 0 Å². The zero-order valence-corrected chi connectivity index (χ0v) is 16.3. The molecule has 0 radical (unpaired) electrons. The molecule has 1 aliphatic rings. The molecule has 1 unspecified atom stereocenters. The van der Waals surface area contributed by atoms with E-state index in [9.17, 15) is 14.4 Å².